The normalized spacial score (nSPS) is 21.6. The molecule has 0 spiro atoms. The van der Waals surface area contributed by atoms with Gasteiger partial charge in [-0.25, -0.2) is 17.6 Å². The molecule has 0 bridgehead atoms. The van der Waals surface area contributed by atoms with Crippen molar-refractivity contribution in [2.75, 3.05) is 32.7 Å². The van der Waals surface area contributed by atoms with E-state index in [1.54, 1.807) is 19.1 Å². The number of urea groups is 1. The molecule has 1 atom stereocenters. The fourth-order valence-corrected chi connectivity index (χ4v) is 5.80. The lowest BCUT2D eigenvalue weighted by Gasteiger charge is -2.34. The van der Waals surface area contributed by atoms with Gasteiger partial charge in [0.1, 0.15) is 17.9 Å². The molecule has 0 saturated carbocycles. The van der Waals surface area contributed by atoms with Gasteiger partial charge in [0.15, 0.2) is 0 Å². The standard InChI is InChI=1S/C23H25FN4O5S/c1-16-6-3-4-9-19(16)23(2)21(30)28(22(31)25-23)15-20(29)26-10-12-27(13-11-26)34(32,33)18-8-5-7-17(24)14-18/h3-9,14H,10-13,15H2,1-2H3,(H,25,31). The first-order valence-electron chi connectivity index (χ1n) is 10.8. The summed E-state index contributed by atoms with van der Waals surface area (Å²) in [6.45, 7) is 3.22. The Morgan fingerprint density at radius 1 is 1.06 bits per heavy atom. The van der Waals surface area contributed by atoms with Gasteiger partial charge in [-0.05, 0) is 43.2 Å². The van der Waals surface area contributed by atoms with Crippen molar-refractivity contribution in [2.24, 2.45) is 0 Å². The Bertz CT molecular complexity index is 1260. The Morgan fingerprint density at radius 3 is 2.38 bits per heavy atom. The number of benzene rings is 2. The van der Waals surface area contributed by atoms with Gasteiger partial charge in [-0.15, -0.1) is 0 Å². The highest BCUT2D eigenvalue weighted by molar-refractivity contribution is 7.89. The maximum atomic E-state index is 13.5. The zero-order valence-electron chi connectivity index (χ0n) is 18.8. The minimum Gasteiger partial charge on any atom is -0.338 e. The Morgan fingerprint density at radius 2 is 1.74 bits per heavy atom. The fraction of sp³-hybridized carbons (Fsp3) is 0.348. The number of amides is 4. The van der Waals surface area contributed by atoms with Gasteiger partial charge in [-0.2, -0.15) is 4.31 Å². The highest BCUT2D eigenvalue weighted by atomic mass is 32.2. The van der Waals surface area contributed by atoms with Crippen molar-refractivity contribution >= 4 is 27.9 Å². The fourth-order valence-electron chi connectivity index (χ4n) is 4.35. The lowest BCUT2D eigenvalue weighted by Crippen LogP contribution is -2.53. The molecule has 1 unspecified atom stereocenters. The van der Waals surface area contributed by atoms with Crippen molar-refractivity contribution in [3.63, 3.8) is 0 Å². The average molecular weight is 489 g/mol. The Hall–Kier alpha value is -3.31. The van der Waals surface area contributed by atoms with Gasteiger partial charge in [0.25, 0.3) is 5.91 Å². The van der Waals surface area contributed by atoms with Crippen molar-refractivity contribution in [1.29, 1.82) is 0 Å². The molecule has 4 rings (SSSR count). The SMILES string of the molecule is Cc1ccccc1C1(C)NC(=O)N(CC(=O)N2CCN(S(=O)(=O)c3cccc(F)c3)CC2)C1=O. The zero-order chi connectivity index (χ0) is 24.7. The van der Waals surface area contributed by atoms with Crippen LogP contribution in [0.1, 0.15) is 18.1 Å². The monoisotopic (exact) mass is 488 g/mol. The molecular formula is C23H25FN4O5S. The van der Waals surface area contributed by atoms with Crippen LogP contribution in [0.3, 0.4) is 0 Å². The molecule has 11 heteroatoms. The summed E-state index contributed by atoms with van der Waals surface area (Å²) in [6.07, 6.45) is 0. The van der Waals surface area contributed by atoms with Crippen LogP contribution in [0.25, 0.3) is 0 Å². The van der Waals surface area contributed by atoms with Crippen LogP contribution in [0.5, 0.6) is 0 Å². The molecule has 2 heterocycles. The van der Waals surface area contributed by atoms with Crippen LogP contribution in [0, 0.1) is 12.7 Å². The van der Waals surface area contributed by atoms with E-state index in [0.717, 1.165) is 22.6 Å². The molecule has 180 valence electrons. The first-order chi connectivity index (χ1) is 16.0. The highest BCUT2D eigenvalue weighted by Gasteiger charge is 2.50. The van der Waals surface area contributed by atoms with Crippen LogP contribution in [-0.2, 0) is 25.2 Å². The Kier molecular flexibility index (Phi) is 6.17. The maximum Gasteiger partial charge on any atom is 0.325 e. The summed E-state index contributed by atoms with van der Waals surface area (Å²) in [5.74, 6) is -1.63. The van der Waals surface area contributed by atoms with Crippen LogP contribution < -0.4 is 5.32 Å². The molecule has 2 fully saturated rings. The third-order valence-corrected chi connectivity index (χ3v) is 8.17. The first kappa shape index (κ1) is 23.8. The molecule has 4 amide bonds. The smallest absolute Gasteiger partial charge is 0.325 e. The van der Waals surface area contributed by atoms with Crippen molar-refractivity contribution in [3.05, 3.63) is 65.5 Å². The van der Waals surface area contributed by atoms with E-state index >= 15 is 0 Å². The van der Waals surface area contributed by atoms with Crippen LogP contribution in [0.2, 0.25) is 0 Å². The van der Waals surface area contributed by atoms with E-state index < -0.39 is 45.8 Å². The number of piperazine rings is 1. The second-order valence-electron chi connectivity index (χ2n) is 8.50. The van der Waals surface area contributed by atoms with Gasteiger partial charge in [0.05, 0.1) is 4.90 Å². The van der Waals surface area contributed by atoms with Crippen molar-refractivity contribution < 1.29 is 27.2 Å². The molecule has 0 aliphatic carbocycles. The summed E-state index contributed by atoms with van der Waals surface area (Å²) in [5, 5.41) is 2.69. The average Bonchev–Trinajstić information content (AvgIpc) is 3.03. The van der Waals surface area contributed by atoms with Crippen LogP contribution in [0.15, 0.2) is 53.4 Å². The maximum absolute atomic E-state index is 13.5. The van der Waals surface area contributed by atoms with Crippen molar-refractivity contribution in [2.45, 2.75) is 24.3 Å². The minimum atomic E-state index is -3.90. The summed E-state index contributed by atoms with van der Waals surface area (Å²) in [4.78, 5) is 40.7. The van der Waals surface area contributed by atoms with Gasteiger partial charge < -0.3 is 10.2 Å². The number of hydrogen-bond acceptors (Lipinski definition) is 5. The zero-order valence-corrected chi connectivity index (χ0v) is 19.6. The van der Waals surface area contributed by atoms with Gasteiger partial charge >= 0.3 is 6.03 Å². The number of imide groups is 1. The van der Waals surface area contributed by atoms with Crippen molar-refractivity contribution in [3.8, 4) is 0 Å². The number of carbonyl (C=O) groups excluding carboxylic acids is 3. The predicted octanol–water partition coefficient (Wildman–Crippen LogP) is 1.43. The number of nitrogens with zero attached hydrogens (tertiary/aromatic N) is 3. The summed E-state index contributed by atoms with van der Waals surface area (Å²) < 4.78 is 40.2. The number of rotatable bonds is 5. The summed E-state index contributed by atoms with van der Waals surface area (Å²) >= 11 is 0. The molecule has 2 aromatic carbocycles. The third kappa shape index (κ3) is 4.16. The molecule has 0 radical (unpaired) electrons. The molecule has 0 aromatic heterocycles. The van der Waals surface area contributed by atoms with Crippen LogP contribution in [0.4, 0.5) is 9.18 Å². The summed E-state index contributed by atoms with van der Waals surface area (Å²) in [7, 11) is -3.90. The molecule has 2 aliphatic rings. The lowest BCUT2D eigenvalue weighted by atomic mass is 9.88. The number of aryl methyl sites for hydroxylation is 1. The minimum absolute atomic E-state index is 0.0195. The Balaban J connectivity index is 1.41. The molecule has 1 N–H and O–H groups in total. The van der Waals surface area contributed by atoms with E-state index in [2.05, 4.69) is 5.32 Å². The molecule has 2 aromatic rings. The van der Waals surface area contributed by atoms with Crippen LogP contribution in [-0.4, -0.2) is 73.1 Å². The van der Waals surface area contributed by atoms with Gasteiger partial charge in [-0.3, -0.25) is 14.5 Å². The van der Waals surface area contributed by atoms with Gasteiger partial charge in [0, 0.05) is 26.2 Å². The summed E-state index contributed by atoms with van der Waals surface area (Å²) in [6, 6.07) is 11.3. The molecule has 34 heavy (non-hydrogen) atoms. The largest absolute Gasteiger partial charge is 0.338 e. The highest BCUT2D eigenvalue weighted by Crippen LogP contribution is 2.31. The third-order valence-electron chi connectivity index (χ3n) is 6.28. The quantitative estimate of drug-likeness (QED) is 0.641. The van der Waals surface area contributed by atoms with E-state index in [9.17, 15) is 27.2 Å². The number of sulfonamides is 1. The van der Waals surface area contributed by atoms with E-state index in [-0.39, 0.29) is 31.1 Å². The molecular weight excluding hydrogens is 463 g/mol. The van der Waals surface area contributed by atoms with Gasteiger partial charge in [-0.1, -0.05) is 30.3 Å². The van der Waals surface area contributed by atoms with Crippen molar-refractivity contribution in [1.82, 2.24) is 19.4 Å². The second-order valence-corrected chi connectivity index (χ2v) is 10.4. The Labute approximate surface area is 197 Å². The molecule has 9 nitrogen and oxygen atoms in total. The topological polar surface area (TPSA) is 107 Å². The van der Waals surface area contributed by atoms with Crippen LogP contribution >= 0.6 is 0 Å². The number of halogens is 1. The van der Waals surface area contributed by atoms with Gasteiger partial charge in [0.2, 0.25) is 15.9 Å². The van der Waals surface area contributed by atoms with E-state index in [0.29, 0.717) is 5.56 Å². The molecule has 2 saturated heterocycles. The number of carbonyl (C=O) groups is 3. The number of hydrogen-bond donors (Lipinski definition) is 1. The van der Waals surface area contributed by atoms with E-state index in [4.69, 9.17) is 0 Å². The van der Waals surface area contributed by atoms with E-state index in [1.807, 2.05) is 19.1 Å². The predicted molar refractivity (Wildman–Crippen MR) is 121 cm³/mol. The number of nitrogens with one attached hydrogen (secondary N) is 1. The second kappa shape index (κ2) is 8.80. The first-order valence-corrected chi connectivity index (χ1v) is 12.2. The summed E-state index contributed by atoms with van der Waals surface area (Å²) in [5.41, 5.74) is 0.211. The molecule has 2 aliphatic heterocycles. The lowest BCUT2D eigenvalue weighted by molar-refractivity contribution is -0.139. The van der Waals surface area contributed by atoms with E-state index in [1.165, 1.54) is 21.3 Å².